The highest BCUT2D eigenvalue weighted by Crippen LogP contribution is 2.31. The number of nitrogens with one attached hydrogen (secondary N) is 1. The van der Waals surface area contributed by atoms with Crippen LogP contribution in [-0.4, -0.2) is 31.2 Å². The third-order valence-corrected chi connectivity index (χ3v) is 3.74. The molecule has 134 valence electrons. The predicted octanol–water partition coefficient (Wildman–Crippen LogP) is 2.86. The summed E-state index contributed by atoms with van der Waals surface area (Å²) in [4.78, 5) is 23.7. The molecule has 2 aromatic rings. The zero-order valence-electron chi connectivity index (χ0n) is 14.6. The van der Waals surface area contributed by atoms with Gasteiger partial charge >= 0.3 is 5.97 Å². The van der Waals surface area contributed by atoms with Gasteiger partial charge in [-0.15, -0.1) is 0 Å². The number of rotatable bonds is 7. The van der Waals surface area contributed by atoms with Crippen molar-refractivity contribution in [3.63, 3.8) is 0 Å². The van der Waals surface area contributed by atoms with Gasteiger partial charge in [0.1, 0.15) is 5.76 Å². The summed E-state index contributed by atoms with van der Waals surface area (Å²) in [7, 11) is 3.00. The van der Waals surface area contributed by atoms with Crippen LogP contribution in [0.2, 0.25) is 0 Å². The minimum atomic E-state index is -1.03. The molecule has 0 radical (unpaired) electrons. The first-order valence-corrected chi connectivity index (χ1v) is 7.67. The van der Waals surface area contributed by atoms with Crippen molar-refractivity contribution in [1.82, 2.24) is 5.32 Å². The van der Waals surface area contributed by atoms with E-state index < -0.39 is 17.9 Å². The Labute approximate surface area is 145 Å². The maximum Gasteiger partial charge on any atom is 0.305 e. The molecule has 2 rings (SSSR count). The van der Waals surface area contributed by atoms with Crippen LogP contribution in [0.1, 0.15) is 39.9 Å². The fraction of sp³-hybridized carbons (Fsp3) is 0.333. The van der Waals surface area contributed by atoms with Gasteiger partial charge in [-0.1, -0.05) is 6.07 Å². The molecule has 0 bridgehead atoms. The number of methoxy groups -OCH3 is 2. The first-order chi connectivity index (χ1) is 11.8. The minimum absolute atomic E-state index is 0.174. The standard InChI is InChI=1S/C18H21NO6/c1-10-7-11(2)25-17(10)18(22)19-13(9-16(20)21)12-5-6-14(23-3)15(8-12)24-4/h5-8,13H,9H2,1-4H3,(H,19,22)(H,20,21). The van der Waals surface area contributed by atoms with Crippen molar-refractivity contribution in [3.8, 4) is 11.5 Å². The summed E-state index contributed by atoms with van der Waals surface area (Å²) in [5.74, 6) is 0.259. The SMILES string of the molecule is COc1ccc(C(CC(=O)O)NC(=O)c2oc(C)cc2C)cc1OC. The predicted molar refractivity (Wildman–Crippen MR) is 90.2 cm³/mol. The topological polar surface area (TPSA) is 98.0 Å². The van der Waals surface area contributed by atoms with Crippen molar-refractivity contribution in [3.05, 3.63) is 46.9 Å². The zero-order valence-corrected chi connectivity index (χ0v) is 14.6. The van der Waals surface area contributed by atoms with Crippen LogP contribution in [0.3, 0.4) is 0 Å². The Morgan fingerprint density at radius 2 is 1.84 bits per heavy atom. The second-order valence-corrected chi connectivity index (χ2v) is 5.61. The van der Waals surface area contributed by atoms with Crippen LogP contribution in [0.4, 0.5) is 0 Å². The lowest BCUT2D eigenvalue weighted by molar-refractivity contribution is -0.137. The van der Waals surface area contributed by atoms with E-state index in [2.05, 4.69) is 5.32 Å². The van der Waals surface area contributed by atoms with Crippen LogP contribution >= 0.6 is 0 Å². The average Bonchev–Trinajstić information content (AvgIpc) is 2.91. The van der Waals surface area contributed by atoms with Crippen molar-refractivity contribution in [2.75, 3.05) is 14.2 Å². The summed E-state index contributed by atoms with van der Waals surface area (Å²) in [5, 5.41) is 11.9. The van der Waals surface area contributed by atoms with Crippen LogP contribution in [0, 0.1) is 13.8 Å². The number of amides is 1. The molecule has 0 saturated heterocycles. The Morgan fingerprint density at radius 3 is 2.36 bits per heavy atom. The molecule has 1 atom stereocenters. The molecule has 0 aliphatic carbocycles. The quantitative estimate of drug-likeness (QED) is 0.799. The van der Waals surface area contributed by atoms with Crippen molar-refractivity contribution >= 4 is 11.9 Å². The third kappa shape index (κ3) is 4.32. The molecule has 0 fully saturated rings. The Balaban J connectivity index is 2.31. The van der Waals surface area contributed by atoms with Crippen LogP contribution in [0.15, 0.2) is 28.7 Å². The van der Waals surface area contributed by atoms with Gasteiger partial charge in [-0.3, -0.25) is 9.59 Å². The Bertz CT molecular complexity index is 780. The van der Waals surface area contributed by atoms with Crippen molar-refractivity contribution in [2.24, 2.45) is 0 Å². The molecule has 1 unspecified atom stereocenters. The van der Waals surface area contributed by atoms with E-state index in [1.807, 2.05) is 0 Å². The number of furan rings is 1. The van der Waals surface area contributed by atoms with Crippen molar-refractivity contribution in [2.45, 2.75) is 26.3 Å². The summed E-state index contributed by atoms with van der Waals surface area (Å²) in [6, 6.07) is 6.01. The highest BCUT2D eigenvalue weighted by atomic mass is 16.5. The Kier molecular flexibility index (Phi) is 5.69. The van der Waals surface area contributed by atoms with Crippen molar-refractivity contribution in [1.29, 1.82) is 0 Å². The normalized spacial score (nSPS) is 11.7. The van der Waals surface area contributed by atoms with Gasteiger partial charge in [0.2, 0.25) is 0 Å². The van der Waals surface area contributed by atoms with Crippen LogP contribution < -0.4 is 14.8 Å². The number of carboxylic acids is 1. The molecule has 7 heteroatoms. The summed E-state index contributed by atoms with van der Waals surface area (Å²) < 4.78 is 15.8. The highest BCUT2D eigenvalue weighted by Gasteiger charge is 2.23. The number of carbonyl (C=O) groups is 2. The number of hydrogen-bond acceptors (Lipinski definition) is 5. The summed E-state index contributed by atoms with van der Waals surface area (Å²) >= 11 is 0. The Hall–Kier alpha value is -2.96. The third-order valence-electron chi connectivity index (χ3n) is 3.74. The largest absolute Gasteiger partial charge is 0.493 e. The first kappa shape index (κ1) is 18.4. The molecule has 7 nitrogen and oxygen atoms in total. The van der Waals surface area contributed by atoms with E-state index in [4.69, 9.17) is 13.9 Å². The first-order valence-electron chi connectivity index (χ1n) is 7.67. The maximum absolute atomic E-state index is 12.5. The van der Waals surface area contributed by atoms with E-state index in [1.54, 1.807) is 38.1 Å². The fourth-order valence-corrected chi connectivity index (χ4v) is 2.59. The number of aryl methyl sites for hydroxylation is 2. The highest BCUT2D eigenvalue weighted by molar-refractivity contribution is 5.93. The fourth-order valence-electron chi connectivity index (χ4n) is 2.59. The number of benzene rings is 1. The van der Waals surface area contributed by atoms with Crippen molar-refractivity contribution < 1.29 is 28.6 Å². The lowest BCUT2D eigenvalue weighted by Gasteiger charge is -2.18. The monoisotopic (exact) mass is 347 g/mol. The second-order valence-electron chi connectivity index (χ2n) is 5.61. The molecule has 0 aliphatic heterocycles. The molecule has 1 aromatic carbocycles. The number of carbonyl (C=O) groups excluding carboxylic acids is 1. The lowest BCUT2D eigenvalue weighted by Crippen LogP contribution is -2.30. The molecule has 1 heterocycles. The zero-order chi connectivity index (χ0) is 18.6. The molecule has 1 amide bonds. The van der Waals surface area contributed by atoms with E-state index in [9.17, 15) is 14.7 Å². The van der Waals surface area contributed by atoms with Gasteiger partial charge in [-0.05, 0) is 37.6 Å². The number of aliphatic carboxylic acids is 1. The van der Waals surface area contributed by atoms with Gasteiger partial charge in [0, 0.05) is 5.56 Å². The van der Waals surface area contributed by atoms with Gasteiger partial charge < -0.3 is 24.3 Å². The van der Waals surface area contributed by atoms with Gasteiger partial charge in [0.05, 0.1) is 26.7 Å². The summed E-state index contributed by atoms with van der Waals surface area (Å²) in [6.07, 6.45) is -0.278. The minimum Gasteiger partial charge on any atom is -0.493 e. The van der Waals surface area contributed by atoms with Crippen LogP contribution in [0.25, 0.3) is 0 Å². The number of ether oxygens (including phenoxy) is 2. The molecule has 1 aromatic heterocycles. The van der Waals surface area contributed by atoms with Gasteiger partial charge in [-0.2, -0.15) is 0 Å². The van der Waals surface area contributed by atoms with E-state index in [-0.39, 0.29) is 12.2 Å². The van der Waals surface area contributed by atoms with Crippen LogP contribution in [0.5, 0.6) is 11.5 Å². The van der Waals surface area contributed by atoms with E-state index in [1.165, 1.54) is 14.2 Å². The molecule has 2 N–H and O–H groups in total. The van der Waals surface area contributed by atoms with E-state index in [0.29, 0.717) is 28.4 Å². The number of hydrogen-bond donors (Lipinski definition) is 2. The Morgan fingerprint density at radius 1 is 1.16 bits per heavy atom. The smallest absolute Gasteiger partial charge is 0.305 e. The molecular formula is C18H21NO6. The molecule has 25 heavy (non-hydrogen) atoms. The van der Waals surface area contributed by atoms with Crippen LogP contribution in [-0.2, 0) is 4.79 Å². The second kappa shape index (κ2) is 7.74. The van der Waals surface area contributed by atoms with E-state index in [0.717, 1.165) is 0 Å². The molecule has 0 spiro atoms. The molecule has 0 aliphatic rings. The molecular weight excluding hydrogens is 326 g/mol. The maximum atomic E-state index is 12.5. The van der Waals surface area contributed by atoms with Gasteiger partial charge in [0.25, 0.3) is 5.91 Å². The lowest BCUT2D eigenvalue weighted by atomic mass is 10.0. The van der Waals surface area contributed by atoms with E-state index >= 15 is 0 Å². The molecule has 0 saturated carbocycles. The summed E-state index contributed by atoms with van der Waals surface area (Å²) in [6.45, 7) is 3.50. The average molecular weight is 347 g/mol. The number of carboxylic acid groups (broad SMARTS) is 1. The van der Waals surface area contributed by atoms with Gasteiger partial charge in [0.15, 0.2) is 17.3 Å². The van der Waals surface area contributed by atoms with Gasteiger partial charge in [-0.25, -0.2) is 0 Å². The summed E-state index contributed by atoms with van der Waals surface area (Å²) in [5.41, 5.74) is 1.28.